The number of hydrogen-bond acceptors (Lipinski definition) is 4. The van der Waals surface area contributed by atoms with Crippen LogP contribution in [0.2, 0.25) is 5.02 Å². The van der Waals surface area contributed by atoms with Gasteiger partial charge in [-0.15, -0.1) is 0 Å². The van der Waals surface area contributed by atoms with Crippen LogP contribution in [0.3, 0.4) is 0 Å². The second-order valence-corrected chi connectivity index (χ2v) is 6.49. The zero-order valence-corrected chi connectivity index (χ0v) is 13.7. The number of hydrogen-bond donors (Lipinski definition) is 1. The maximum Gasteiger partial charge on any atom is 0.329 e. The monoisotopic (exact) mass is 312 g/mol. The molecule has 116 valence electrons. The Morgan fingerprint density at radius 2 is 1.95 bits per heavy atom. The van der Waals surface area contributed by atoms with Gasteiger partial charge in [0.1, 0.15) is 11.6 Å². The lowest BCUT2D eigenvalue weighted by atomic mass is 10.0. The molecule has 0 aliphatic rings. The molecule has 0 aromatic carbocycles. The van der Waals surface area contributed by atoms with E-state index >= 15 is 0 Å². The lowest BCUT2D eigenvalue weighted by Crippen LogP contribution is -2.47. The van der Waals surface area contributed by atoms with Gasteiger partial charge in [0.05, 0.1) is 10.6 Å². The van der Waals surface area contributed by atoms with Crippen molar-refractivity contribution in [2.24, 2.45) is 5.92 Å². The number of rotatable bonds is 4. The number of carbonyl (C=O) groups excluding carboxylic acids is 2. The molecule has 1 amide bonds. The number of nitrogens with zero attached hydrogens (tertiary/aromatic N) is 1. The Morgan fingerprint density at radius 3 is 2.43 bits per heavy atom. The highest BCUT2D eigenvalue weighted by molar-refractivity contribution is 6.33. The van der Waals surface area contributed by atoms with Gasteiger partial charge in [-0.3, -0.25) is 9.78 Å². The predicted molar refractivity (Wildman–Crippen MR) is 81.2 cm³/mol. The van der Waals surface area contributed by atoms with Crippen LogP contribution in [-0.4, -0.2) is 28.5 Å². The molecular formula is C15H21ClN2O3. The van der Waals surface area contributed by atoms with E-state index in [4.69, 9.17) is 16.3 Å². The number of ether oxygens (including phenoxy) is 1. The maximum absolute atomic E-state index is 12.2. The van der Waals surface area contributed by atoms with E-state index in [2.05, 4.69) is 10.3 Å². The Morgan fingerprint density at radius 1 is 1.33 bits per heavy atom. The van der Waals surface area contributed by atoms with Crippen molar-refractivity contribution in [1.82, 2.24) is 10.3 Å². The predicted octanol–water partition coefficient (Wildman–Crippen LogP) is 2.83. The smallest absolute Gasteiger partial charge is 0.329 e. The molecule has 0 unspecified atom stereocenters. The van der Waals surface area contributed by atoms with Crippen molar-refractivity contribution in [3.05, 3.63) is 29.0 Å². The highest BCUT2D eigenvalue weighted by atomic mass is 35.5. The topological polar surface area (TPSA) is 68.3 Å². The molecule has 0 bridgehead atoms. The quantitative estimate of drug-likeness (QED) is 0.868. The lowest BCUT2D eigenvalue weighted by molar-refractivity contribution is -0.158. The summed E-state index contributed by atoms with van der Waals surface area (Å²) in [6, 6.07) is 0.769. The van der Waals surface area contributed by atoms with Crippen LogP contribution >= 0.6 is 11.6 Å². The van der Waals surface area contributed by atoms with E-state index in [1.807, 2.05) is 13.8 Å². The van der Waals surface area contributed by atoms with Crippen molar-refractivity contribution in [3.8, 4) is 0 Å². The summed E-state index contributed by atoms with van der Waals surface area (Å²) in [4.78, 5) is 28.2. The average Bonchev–Trinajstić information content (AvgIpc) is 2.33. The van der Waals surface area contributed by atoms with Crippen molar-refractivity contribution < 1.29 is 14.3 Å². The molecule has 0 fully saturated rings. The van der Waals surface area contributed by atoms with Crippen LogP contribution in [0.25, 0.3) is 0 Å². The Hall–Kier alpha value is -1.62. The van der Waals surface area contributed by atoms with Gasteiger partial charge in [-0.05, 0) is 32.8 Å². The number of aromatic nitrogens is 1. The molecule has 6 heteroatoms. The van der Waals surface area contributed by atoms with Crippen molar-refractivity contribution in [1.29, 1.82) is 0 Å². The van der Waals surface area contributed by atoms with E-state index in [1.54, 1.807) is 20.8 Å². The fourth-order valence-electron chi connectivity index (χ4n) is 1.64. The molecule has 0 aliphatic carbocycles. The molecule has 1 aromatic rings. The molecule has 0 spiro atoms. The Bertz CT molecular complexity index is 524. The molecule has 21 heavy (non-hydrogen) atoms. The van der Waals surface area contributed by atoms with Gasteiger partial charge < -0.3 is 10.1 Å². The highest BCUT2D eigenvalue weighted by Gasteiger charge is 2.29. The van der Waals surface area contributed by atoms with Gasteiger partial charge in [0.25, 0.3) is 5.91 Å². The van der Waals surface area contributed by atoms with Crippen LogP contribution in [0, 0.1) is 5.92 Å². The van der Waals surface area contributed by atoms with E-state index in [0.29, 0.717) is 0 Å². The third-order valence-electron chi connectivity index (χ3n) is 2.63. The number of pyridine rings is 1. The average molecular weight is 313 g/mol. The first-order chi connectivity index (χ1) is 9.61. The second kappa shape index (κ2) is 6.89. The van der Waals surface area contributed by atoms with Crippen LogP contribution in [0.4, 0.5) is 0 Å². The summed E-state index contributed by atoms with van der Waals surface area (Å²) in [6.07, 6.45) is 2.85. The highest BCUT2D eigenvalue weighted by Crippen LogP contribution is 2.16. The van der Waals surface area contributed by atoms with Gasteiger partial charge in [0.2, 0.25) is 0 Å². The zero-order chi connectivity index (χ0) is 16.2. The Balaban J connectivity index is 2.87. The summed E-state index contributed by atoms with van der Waals surface area (Å²) < 4.78 is 5.33. The van der Waals surface area contributed by atoms with Crippen LogP contribution in [0.5, 0.6) is 0 Å². The molecule has 1 heterocycles. The third-order valence-corrected chi connectivity index (χ3v) is 2.93. The van der Waals surface area contributed by atoms with Gasteiger partial charge in [-0.1, -0.05) is 25.4 Å². The molecule has 1 atom stereocenters. The minimum absolute atomic E-state index is 0.107. The fraction of sp³-hybridized carbons (Fsp3) is 0.533. The summed E-state index contributed by atoms with van der Waals surface area (Å²) in [5.74, 6) is -0.993. The Labute approximate surface area is 130 Å². The Kier molecular flexibility index (Phi) is 5.72. The standard InChI is InChI=1S/C15H21ClN2O3/c1-9(2)12(14(20)21-15(3,4)5)18-13(19)10-6-7-17-8-11(10)16/h6-9,12H,1-5H3,(H,18,19)/t12-/m1/s1. The largest absolute Gasteiger partial charge is 0.458 e. The molecule has 0 aliphatic heterocycles. The van der Waals surface area contributed by atoms with Crippen molar-refractivity contribution in [3.63, 3.8) is 0 Å². The van der Waals surface area contributed by atoms with Crippen LogP contribution < -0.4 is 5.32 Å². The summed E-state index contributed by atoms with van der Waals surface area (Å²) in [5, 5.41) is 2.91. The van der Waals surface area contributed by atoms with Gasteiger partial charge in [0.15, 0.2) is 0 Å². The van der Waals surface area contributed by atoms with E-state index in [-0.39, 0.29) is 16.5 Å². The molecule has 0 saturated heterocycles. The molecule has 1 rings (SSSR count). The van der Waals surface area contributed by atoms with E-state index < -0.39 is 23.5 Å². The second-order valence-electron chi connectivity index (χ2n) is 6.08. The van der Waals surface area contributed by atoms with Gasteiger partial charge >= 0.3 is 5.97 Å². The zero-order valence-electron chi connectivity index (χ0n) is 12.9. The van der Waals surface area contributed by atoms with Crippen molar-refractivity contribution in [2.75, 3.05) is 0 Å². The molecular weight excluding hydrogens is 292 g/mol. The number of halogens is 1. The molecule has 0 saturated carbocycles. The normalized spacial score (nSPS) is 12.9. The molecule has 1 N–H and O–H groups in total. The SMILES string of the molecule is CC(C)[C@@H](NC(=O)c1ccncc1Cl)C(=O)OC(C)(C)C. The van der Waals surface area contributed by atoms with Crippen LogP contribution in [0.1, 0.15) is 45.0 Å². The third kappa shape index (κ3) is 5.34. The lowest BCUT2D eigenvalue weighted by Gasteiger charge is -2.26. The first kappa shape index (κ1) is 17.4. The van der Waals surface area contributed by atoms with Crippen LogP contribution in [0.15, 0.2) is 18.5 Å². The van der Waals surface area contributed by atoms with E-state index in [0.717, 1.165) is 0 Å². The first-order valence-electron chi connectivity index (χ1n) is 6.75. The molecule has 0 radical (unpaired) electrons. The van der Waals surface area contributed by atoms with Crippen molar-refractivity contribution in [2.45, 2.75) is 46.3 Å². The first-order valence-corrected chi connectivity index (χ1v) is 7.13. The maximum atomic E-state index is 12.2. The van der Waals surface area contributed by atoms with E-state index in [1.165, 1.54) is 18.5 Å². The molecule has 5 nitrogen and oxygen atoms in total. The molecule has 1 aromatic heterocycles. The summed E-state index contributed by atoms with van der Waals surface area (Å²) >= 11 is 5.93. The number of esters is 1. The van der Waals surface area contributed by atoms with Gasteiger partial charge in [-0.2, -0.15) is 0 Å². The fourth-order valence-corrected chi connectivity index (χ4v) is 1.85. The minimum atomic E-state index is -0.735. The number of carbonyl (C=O) groups is 2. The summed E-state index contributed by atoms with van der Waals surface area (Å²) in [6.45, 7) is 9.02. The number of nitrogens with one attached hydrogen (secondary N) is 1. The van der Waals surface area contributed by atoms with Gasteiger partial charge in [-0.25, -0.2) is 4.79 Å². The van der Waals surface area contributed by atoms with Gasteiger partial charge in [0, 0.05) is 12.4 Å². The van der Waals surface area contributed by atoms with Crippen molar-refractivity contribution >= 4 is 23.5 Å². The van der Waals surface area contributed by atoms with E-state index in [9.17, 15) is 9.59 Å². The number of amides is 1. The summed E-state index contributed by atoms with van der Waals surface area (Å²) in [5.41, 5.74) is -0.329. The summed E-state index contributed by atoms with van der Waals surface area (Å²) in [7, 11) is 0. The van der Waals surface area contributed by atoms with Crippen LogP contribution in [-0.2, 0) is 9.53 Å². The minimum Gasteiger partial charge on any atom is -0.458 e.